The zero-order valence-electron chi connectivity index (χ0n) is 20.7. The van der Waals surface area contributed by atoms with E-state index in [1.807, 2.05) is 50.5 Å². The van der Waals surface area contributed by atoms with Crippen LogP contribution in [0.2, 0.25) is 0 Å². The molecule has 2 heterocycles. The molecule has 4 atom stereocenters. The van der Waals surface area contributed by atoms with Crippen molar-refractivity contribution in [3.63, 3.8) is 0 Å². The van der Waals surface area contributed by atoms with Crippen LogP contribution in [0.5, 0.6) is 0 Å². The Morgan fingerprint density at radius 2 is 1.91 bits per heavy atom. The number of amides is 3. The van der Waals surface area contributed by atoms with Gasteiger partial charge in [0.15, 0.2) is 0 Å². The quantitative estimate of drug-likeness (QED) is 0.412. The topological polar surface area (TPSA) is 138 Å². The molecule has 0 saturated carbocycles. The molecular formula is C25H35N5O4S. The summed E-state index contributed by atoms with van der Waals surface area (Å²) in [5, 5.41) is 15.7. The monoisotopic (exact) mass is 501 g/mol. The summed E-state index contributed by atoms with van der Waals surface area (Å²) < 4.78 is 0. The standard InChI is InChI=1S/C25H35N5O4S/c1-14(2)9-20(26)23(32)29-16(4)25(34)30-12-19(31)10-21(30)24(33)27-11-17-5-7-18(8-6-17)22-15(3)28-13-35-22/h5-8,13-14,16,19-21,31H,9-12,26H2,1-4H3,(H,27,33)(H,29,32). The van der Waals surface area contributed by atoms with Crippen LogP contribution < -0.4 is 16.4 Å². The van der Waals surface area contributed by atoms with E-state index in [1.54, 1.807) is 18.3 Å². The Balaban J connectivity index is 1.57. The Kier molecular flexibility index (Phi) is 8.98. The Bertz CT molecular complexity index is 1040. The van der Waals surface area contributed by atoms with Crippen LogP contribution in [0.15, 0.2) is 29.8 Å². The van der Waals surface area contributed by atoms with Gasteiger partial charge in [0.1, 0.15) is 12.1 Å². The number of rotatable bonds is 9. The van der Waals surface area contributed by atoms with E-state index in [9.17, 15) is 19.5 Å². The summed E-state index contributed by atoms with van der Waals surface area (Å²) in [7, 11) is 0. The highest BCUT2D eigenvalue weighted by Crippen LogP contribution is 2.27. The third-order valence-electron chi connectivity index (χ3n) is 6.08. The van der Waals surface area contributed by atoms with E-state index in [-0.39, 0.29) is 24.8 Å². The molecule has 9 nitrogen and oxygen atoms in total. The molecule has 0 bridgehead atoms. The van der Waals surface area contributed by atoms with Gasteiger partial charge < -0.3 is 26.4 Å². The second-order valence-corrected chi connectivity index (χ2v) is 10.4. The molecular weight excluding hydrogens is 466 g/mol. The number of carbonyl (C=O) groups is 3. The molecule has 1 aliphatic heterocycles. The van der Waals surface area contributed by atoms with Crippen molar-refractivity contribution in [2.24, 2.45) is 11.7 Å². The molecule has 1 fully saturated rings. The lowest BCUT2D eigenvalue weighted by Gasteiger charge is -2.27. The van der Waals surface area contributed by atoms with Gasteiger partial charge in [-0.1, -0.05) is 38.1 Å². The fourth-order valence-electron chi connectivity index (χ4n) is 4.21. The number of aliphatic hydroxyl groups is 1. The molecule has 0 radical (unpaired) electrons. The summed E-state index contributed by atoms with van der Waals surface area (Å²) in [6, 6.07) is 5.50. The number of nitrogens with two attached hydrogens (primary N) is 1. The van der Waals surface area contributed by atoms with Crippen molar-refractivity contribution in [3.8, 4) is 10.4 Å². The molecule has 1 aliphatic rings. The van der Waals surface area contributed by atoms with Crippen molar-refractivity contribution in [1.82, 2.24) is 20.5 Å². The maximum atomic E-state index is 13.0. The molecule has 2 aromatic rings. The van der Waals surface area contributed by atoms with E-state index in [2.05, 4.69) is 15.6 Å². The molecule has 4 unspecified atom stereocenters. The summed E-state index contributed by atoms with van der Waals surface area (Å²) in [5.74, 6) is -0.919. The Labute approximate surface area is 210 Å². The van der Waals surface area contributed by atoms with E-state index in [0.29, 0.717) is 13.0 Å². The first kappa shape index (κ1) is 26.8. The van der Waals surface area contributed by atoms with Crippen LogP contribution in [-0.4, -0.2) is 63.5 Å². The SMILES string of the molecule is Cc1ncsc1-c1ccc(CNC(=O)C2CC(O)CN2C(=O)C(C)NC(=O)C(N)CC(C)C)cc1. The molecule has 190 valence electrons. The number of benzene rings is 1. The normalized spacial score (nSPS) is 19.5. The van der Waals surface area contributed by atoms with Gasteiger partial charge in [0.25, 0.3) is 0 Å². The average Bonchev–Trinajstić information content (AvgIpc) is 3.42. The van der Waals surface area contributed by atoms with Gasteiger partial charge in [-0.25, -0.2) is 4.98 Å². The lowest BCUT2D eigenvalue weighted by atomic mass is 10.0. The molecule has 0 aliphatic carbocycles. The average molecular weight is 502 g/mol. The van der Waals surface area contributed by atoms with Crippen molar-refractivity contribution in [2.45, 2.75) is 71.3 Å². The number of nitrogens with zero attached hydrogens (tertiary/aromatic N) is 2. The van der Waals surface area contributed by atoms with Crippen molar-refractivity contribution >= 4 is 29.1 Å². The lowest BCUT2D eigenvalue weighted by molar-refractivity contribution is -0.141. The summed E-state index contributed by atoms with van der Waals surface area (Å²) >= 11 is 1.58. The highest BCUT2D eigenvalue weighted by molar-refractivity contribution is 7.13. The van der Waals surface area contributed by atoms with Gasteiger partial charge in [0.05, 0.1) is 28.2 Å². The van der Waals surface area contributed by atoms with Crippen molar-refractivity contribution in [1.29, 1.82) is 0 Å². The van der Waals surface area contributed by atoms with Crippen LogP contribution >= 0.6 is 11.3 Å². The van der Waals surface area contributed by atoms with Crippen LogP contribution in [0.4, 0.5) is 0 Å². The van der Waals surface area contributed by atoms with E-state index in [0.717, 1.165) is 21.7 Å². The number of aryl methyl sites for hydroxylation is 1. The first-order chi connectivity index (χ1) is 16.6. The second kappa shape index (κ2) is 11.7. The van der Waals surface area contributed by atoms with Crippen LogP contribution in [0.3, 0.4) is 0 Å². The maximum absolute atomic E-state index is 13.0. The van der Waals surface area contributed by atoms with Gasteiger partial charge in [-0.05, 0) is 37.3 Å². The number of nitrogens with one attached hydrogen (secondary N) is 2. The smallest absolute Gasteiger partial charge is 0.245 e. The largest absolute Gasteiger partial charge is 0.391 e. The highest BCUT2D eigenvalue weighted by atomic mass is 32.1. The molecule has 5 N–H and O–H groups in total. The maximum Gasteiger partial charge on any atom is 0.245 e. The number of hydrogen-bond acceptors (Lipinski definition) is 7. The Morgan fingerprint density at radius 3 is 2.51 bits per heavy atom. The van der Waals surface area contributed by atoms with Gasteiger partial charge >= 0.3 is 0 Å². The van der Waals surface area contributed by atoms with E-state index in [1.165, 1.54) is 4.90 Å². The number of carbonyl (C=O) groups excluding carboxylic acids is 3. The molecule has 1 aromatic carbocycles. The summed E-state index contributed by atoms with van der Waals surface area (Å²) in [6.07, 6.45) is -0.151. The molecule has 1 saturated heterocycles. The first-order valence-electron chi connectivity index (χ1n) is 11.9. The van der Waals surface area contributed by atoms with Gasteiger partial charge in [0.2, 0.25) is 17.7 Å². The van der Waals surface area contributed by atoms with Crippen LogP contribution in [0.25, 0.3) is 10.4 Å². The van der Waals surface area contributed by atoms with E-state index in [4.69, 9.17) is 5.73 Å². The van der Waals surface area contributed by atoms with Gasteiger partial charge in [0, 0.05) is 19.5 Å². The first-order valence-corrected chi connectivity index (χ1v) is 12.8. The minimum Gasteiger partial charge on any atom is -0.391 e. The van der Waals surface area contributed by atoms with Crippen molar-refractivity contribution < 1.29 is 19.5 Å². The fraction of sp³-hybridized carbons (Fsp3) is 0.520. The second-order valence-electron chi connectivity index (χ2n) is 9.54. The zero-order chi connectivity index (χ0) is 25.7. The number of aromatic nitrogens is 1. The van der Waals surface area contributed by atoms with E-state index < -0.39 is 36.0 Å². The van der Waals surface area contributed by atoms with Crippen LogP contribution in [0, 0.1) is 12.8 Å². The highest BCUT2D eigenvalue weighted by Gasteiger charge is 2.40. The Hall–Kier alpha value is -2.82. The van der Waals surface area contributed by atoms with Crippen molar-refractivity contribution in [3.05, 3.63) is 41.0 Å². The molecule has 10 heteroatoms. The molecule has 35 heavy (non-hydrogen) atoms. The predicted molar refractivity (Wildman–Crippen MR) is 135 cm³/mol. The van der Waals surface area contributed by atoms with Crippen molar-refractivity contribution in [2.75, 3.05) is 6.54 Å². The number of β-amino-alcohol motifs (C(OH)–C–C–N with tert-alkyl or cyclic N) is 1. The van der Waals surface area contributed by atoms with Crippen LogP contribution in [0.1, 0.15) is 44.9 Å². The number of hydrogen-bond donors (Lipinski definition) is 4. The molecule has 0 spiro atoms. The fourth-order valence-corrected chi connectivity index (χ4v) is 5.02. The number of aliphatic hydroxyl groups excluding tert-OH is 1. The minimum atomic E-state index is -0.857. The van der Waals surface area contributed by atoms with Gasteiger partial charge in [-0.2, -0.15) is 0 Å². The Morgan fingerprint density at radius 1 is 1.23 bits per heavy atom. The molecule has 3 amide bonds. The number of likely N-dealkylation sites (tertiary alicyclic amines) is 1. The minimum absolute atomic E-state index is 0.0398. The van der Waals surface area contributed by atoms with Gasteiger partial charge in [-0.3, -0.25) is 14.4 Å². The summed E-state index contributed by atoms with van der Waals surface area (Å²) in [5.41, 5.74) is 10.7. The lowest BCUT2D eigenvalue weighted by Crippen LogP contribution is -2.54. The predicted octanol–water partition coefficient (Wildman–Crippen LogP) is 1.57. The van der Waals surface area contributed by atoms with E-state index >= 15 is 0 Å². The molecule has 3 rings (SSSR count). The molecule has 1 aromatic heterocycles. The number of thiazole rings is 1. The summed E-state index contributed by atoms with van der Waals surface area (Å²) in [4.78, 5) is 45.0. The zero-order valence-corrected chi connectivity index (χ0v) is 21.5. The summed E-state index contributed by atoms with van der Waals surface area (Å²) in [6.45, 7) is 7.80. The van der Waals surface area contributed by atoms with Gasteiger partial charge in [-0.15, -0.1) is 11.3 Å². The van der Waals surface area contributed by atoms with Crippen LogP contribution in [-0.2, 0) is 20.9 Å². The third kappa shape index (κ3) is 6.87. The third-order valence-corrected chi connectivity index (χ3v) is 7.06.